The van der Waals surface area contributed by atoms with Crippen LogP contribution < -0.4 is 11.1 Å². The minimum atomic E-state index is -1.87. The Balaban J connectivity index is 2.16. The molecule has 2 atom stereocenters. The fraction of sp³-hybridized carbons (Fsp3) is 0.786. The molecule has 6 nitrogen and oxygen atoms in total. The van der Waals surface area contributed by atoms with Crippen LogP contribution in [0, 0.1) is 0 Å². The van der Waals surface area contributed by atoms with Crippen molar-refractivity contribution in [3.05, 3.63) is 0 Å². The molecular weight excluding hydrogens is 309 g/mol. The van der Waals surface area contributed by atoms with Crippen molar-refractivity contribution in [3.63, 3.8) is 0 Å². The van der Waals surface area contributed by atoms with Gasteiger partial charge in [-0.3, -0.25) is 14.4 Å². The van der Waals surface area contributed by atoms with E-state index in [1.165, 1.54) is 4.90 Å². The Morgan fingerprint density at radius 3 is 2.45 bits per heavy atom. The minimum Gasteiger partial charge on any atom is -0.368 e. The summed E-state index contributed by atoms with van der Waals surface area (Å²) >= 11 is 4.35. The highest BCUT2D eigenvalue weighted by Gasteiger charge is 2.53. The van der Waals surface area contributed by atoms with Crippen LogP contribution >= 0.6 is 12.6 Å². The maximum atomic E-state index is 13.9. The average Bonchev–Trinajstić information content (AvgIpc) is 2.97. The maximum Gasteiger partial charge on any atom is 0.258 e. The van der Waals surface area contributed by atoms with Crippen molar-refractivity contribution in [1.82, 2.24) is 10.2 Å². The fourth-order valence-electron chi connectivity index (χ4n) is 2.63. The molecule has 2 fully saturated rings. The zero-order valence-electron chi connectivity index (χ0n) is 12.8. The average molecular weight is 331 g/mol. The molecule has 124 valence electrons. The van der Waals surface area contributed by atoms with Crippen LogP contribution in [-0.2, 0) is 14.4 Å². The lowest BCUT2D eigenvalue weighted by Crippen LogP contribution is -2.60. The summed E-state index contributed by atoms with van der Waals surface area (Å²) in [7, 11) is 0. The fourth-order valence-corrected chi connectivity index (χ4v) is 2.80. The van der Waals surface area contributed by atoms with E-state index in [0.29, 0.717) is 19.4 Å². The van der Waals surface area contributed by atoms with Crippen molar-refractivity contribution < 1.29 is 18.8 Å². The molecule has 0 aromatic carbocycles. The summed E-state index contributed by atoms with van der Waals surface area (Å²) in [5, 5.41) is 2.46. The zero-order valence-corrected chi connectivity index (χ0v) is 13.7. The monoisotopic (exact) mass is 331 g/mol. The summed E-state index contributed by atoms with van der Waals surface area (Å²) < 4.78 is 13.0. The van der Waals surface area contributed by atoms with Gasteiger partial charge in [-0.2, -0.15) is 12.6 Å². The number of carbonyl (C=O) groups is 3. The number of primary amides is 1. The van der Waals surface area contributed by atoms with Crippen LogP contribution in [0.15, 0.2) is 0 Å². The molecule has 22 heavy (non-hydrogen) atoms. The summed E-state index contributed by atoms with van der Waals surface area (Å²) in [6, 6.07) is -1.70. The lowest BCUT2D eigenvalue weighted by molar-refractivity contribution is -0.142. The van der Waals surface area contributed by atoms with Gasteiger partial charge in [-0.25, -0.2) is 4.39 Å². The second kappa shape index (κ2) is 5.72. The Morgan fingerprint density at radius 2 is 2.00 bits per heavy atom. The molecule has 1 saturated carbocycles. The molecule has 3 amide bonds. The predicted octanol–water partition coefficient (Wildman–Crippen LogP) is 0.158. The Hall–Kier alpha value is -1.31. The van der Waals surface area contributed by atoms with E-state index in [-0.39, 0.29) is 12.8 Å². The van der Waals surface area contributed by atoms with Gasteiger partial charge in [0.15, 0.2) is 5.67 Å². The summed E-state index contributed by atoms with van der Waals surface area (Å²) in [6.45, 7) is 3.71. The number of hydrogen-bond donors (Lipinski definition) is 3. The van der Waals surface area contributed by atoms with Gasteiger partial charge in [0.2, 0.25) is 11.8 Å². The molecule has 0 aromatic rings. The smallest absolute Gasteiger partial charge is 0.258 e. The number of nitrogens with two attached hydrogens (primary N) is 1. The number of amides is 3. The Bertz CT molecular complexity index is 502. The summed E-state index contributed by atoms with van der Waals surface area (Å²) in [4.78, 5) is 37.5. The van der Waals surface area contributed by atoms with E-state index in [2.05, 4.69) is 17.9 Å². The number of halogens is 1. The van der Waals surface area contributed by atoms with E-state index < -0.39 is 40.2 Å². The van der Waals surface area contributed by atoms with Crippen LogP contribution in [0.1, 0.15) is 39.5 Å². The quantitative estimate of drug-likeness (QED) is 0.627. The van der Waals surface area contributed by atoms with Gasteiger partial charge in [-0.15, -0.1) is 0 Å². The first-order valence-corrected chi connectivity index (χ1v) is 7.83. The molecule has 0 spiro atoms. The van der Waals surface area contributed by atoms with E-state index in [1.54, 1.807) is 13.8 Å². The van der Waals surface area contributed by atoms with Crippen molar-refractivity contribution in [2.24, 2.45) is 5.73 Å². The molecule has 1 heterocycles. The molecule has 1 unspecified atom stereocenters. The third-order valence-electron chi connectivity index (χ3n) is 4.19. The van der Waals surface area contributed by atoms with E-state index in [1.807, 2.05) is 0 Å². The Morgan fingerprint density at radius 1 is 1.41 bits per heavy atom. The topological polar surface area (TPSA) is 92.5 Å². The first kappa shape index (κ1) is 17.1. The van der Waals surface area contributed by atoms with Crippen molar-refractivity contribution in [2.45, 2.75) is 62.0 Å². The van der Waals surface area contributed by atoms with E-state index in [0.717, 1.165) is 0 Å². The highest BCUT2D eigenvalue weighted by atomic mass is 32.1. The molecule has 1 saturated heterocycles. The number of hydrogen-bond acceptors (Lipinski definition) is 4. The number of nitrogens with one attached hydrogen (secondary N) is 1. The second-order valence-electron chi connectivity index (χ2n) is 6.62. The van der Waals surface area contributed by atoms with Crippen molar-refractivity contribution >= 4 is 30.4 Å². The van der Waals surface area contributed by atoms with Crippen LogP contribution in [0.3, 0.4) is 0 Å². The summed E-state index contributed by atoms with van der Waals surface area (Å²) in [5.41, 5.74) is 3.45. The number of alkyl halides is 1. The lowest BCUT2D eigenvalue weighted by atomic mass is 10.0. The predicted molar refractivity (Wildman–Crippen MR) is 82.0 cm³/mol. The van der Waals surface area contributed by atoms with Crippen molar-refractivity contribution in [1.29, 1.82) is 0 Å². The van der Waals surface area contributed by atoms with Crippen molar-refractivity contribution in [3.8, 4) is 0 Å². The third kappa shape index (κ3) is 3.37. The number of thiol groups is 1. The largest absolute Gasteiger partial charge is 0.368 e. The van der Waals surface area contributed by atoms with E-state index >= 15 is 0 Å². The van der Waals surface area contributed by atoms with Gasteiger partial charge in [0.25, 0.3) is 5.91 Å². The number of nitrogens with zero attached hydrogens (tertiary/aromatic N) is 1. The SMILES string of the molecule is CC(C)(S)C(NC(=O)C1(F)CC1)C(=O)N1CCC[C@H]1C(N)=O. The summed E-state index contributed by atoms with van der Waals surface area (Å²) in [6.07, 6.45) is 1.50. The molecule has 0 radical (unpaired) electrons. The molecular formula is C14H22FN3O3S. The van der Waals surface area contributed by atoms with Gasteiger partial charge in [0, 0.05) is 11.3 Å². The molecule has 8 heteroatoms. The molecule has 3 N–H and O–H groups in total. The van der Waals surface area contributed by atoms with Crippen LogP contribution in [0.25, 0.3) is 0 Å². The van der Waals surface area contributed by atoms with Gasteiger partial charge in [0.1, 0.15) is 12.1 Å². The lowest BCUT2D eigenvalue weighted by Gasteiger charge is -2.34. The first-order valence-electron chi connectivity index (χ1n) is 7.38. The number of rotatable bonds is 5. The van der Waals surface area contributed by atoms with Crippen molar-refractivity contribution in [2.75, 3.05) is 6.54 Å². The third-order valence-corrected chi connectivity index (χ3v) is 4.45. The minimum absolute atomic E-state index is 0.167. The number of carbonyl (C=O) groups excluding carboxylic acids is 3. The normalized spacial score (nSPS) is 24.7. The van der Waals surface area contributed by atoms with Gasteiger partial charge >= 0.3 is 0 Å². The van der Waals surface area contributed by atoms with Gasteiger partial charge in [-0.1, -0.05) is 0 Å². The standard InChI is InChI=1S/C14H22FN3O3S/c1-13(2,22)9(17-12(21)14(15)5-6-14)11(20)18-7-3-4-8(18)10(16)19/h8-9,22H,3-7H2,1-2H3,(H2,16,19)(H,17,21)/t8-,9?/m0/s1. The number of likely N-dealkylation sites (tertiary alicyclic amines) is 1. The zero-order chi connectivity index (χ0) is 16.7. The highest BCUT2D eigenvalue weighted by Crippen LogP contribution is 2.40. The van der Waals surface area contributed by atoms with Crippen LogP contribution in [0.2, 0.25) is 0 Å². The molecule has 1 aliphatic heterocycles. The van der Waals surface area contributed by atoms with E-state index in [9.17, 15) is 18.8 Å². The molecule has 0 bridgehead atoms. The van der Waals surface area contributed by atoms with Crippen LogP contribution in [0.5, 0.6) is 0 Å². The van der Waals surface area contributed by atoms with Crippen LogP contribution in [0.4, 0.5) is 4.39 Å². The first-order chi connectivity index (χ1) is 10.1. The maximum absolute atomic E-state index is 13.9. The molecule has 2 aliphatic rings. The Labute approximate surface area is 134 Å². The highest BCUT2D eigenvalue weighted by molar-refractivity contribution is 7.81. The molecule has 2 rings (SSSR count). The van der Waals surface area contributed by atoms with E-state index in [4.69, 9.17) is 5.73 Å². The van der Waals surface area contributed by atoms with Gasteiger partial charge < -0.3 is 16.0 Å². The molecule has 1 aliphatic carbocycles. The Kier molecular flexibility index (Phi) is 4.43. The molecule has 0 aromatic heterocycles. The van der Waals surface area contributed by atoms with Crippen LogP contribution in [-0.4, -0.2) is 51.7 Å². The van der Waals surface area contributed by atoms with Gasteiger partial charge in [-0.05, 0) is 39.5 Å². The second-order valence-corrected chi connectivity index (χ2v) is 7.77. The summed E-state index contributed by atoms with van der Waals surface area (Å²) in [5.74, 6) is -1.81. The van der Waals surface area contributed by atoms with Gasteiger partial charge in [0.05, 0.1) is 0 Å².